The Bertz CT molecular complexity index is 1640. The average Bonchev–Trinajstić information content (AvgIpc) is 4.01. The lowest BCUT2D eigenvalue weighted by Gasteiger charge is -2.46. The molecule has 15 heteroatoms. The number of nitrogens with one attached hydrogen (secondary N) is 4. The summed E-state index contributed by atoms with van der Waals surface area (Å²) in [4.78, 5) is 75.1. The average molecular weight is 803 g/mol. The van der Waals surface area contributed by atoms with E-state index in [4.69, 9.17) is 4.74 Å². The summed E-state index contributed by atoms with van der Waals surface area (Å²) in [5.41, 5.74) is -2.44. The predicted molar refractivity (Wildman–Crippen MR) is 209 cm³/mol. The zero-order valence-electron chi connectivity index (χ0n) is 34.2. The summed E-state index contributed by atoms with van der Waals surface area (Å²) in [6.45, 7) is 12.1. The third-order valence-corrected chi connectivity index (χ3v) is 16.4. The van der Waals surface area contributed by atoms with E-state index in [0.29, 0.717) is 64.4 Å². The van der Waals surface area contributed by atoms with Crippen molar-refractivity contribution in [2.75, 3.05) is 32.8 Å². The molecule has 2 heterocycles. The van der Waals surface area contributed by atoms with Gasteiger partial charge in [-0.2, -0.15) is 0 Å². The molecule has 5 saturated carbocycles. The lowest BCUT2D eigenvalue weighted by Crippen LogP contribution is -2.63. The molecule has 314 valence electrons. The highest BCUT2D eigenvalue weighted by Gasteiger charge is 2.67. The van der Waals surface area contributed by atoms with Gasteiger partial charge in [0.25, 0.3) is 5.91 Å². The van der Waals surface area contributed by atoms with Crippen molar-refractivity contribution in [2.24, 2.45) is 40.4 Å². The minimum absolute atomic E-state index is 0.0778. The number of hydrogen-bond acceptors (Lipinski definition) is 8. The normalized spacial score (nSPS) is 31.2. The highest BCUT2D eigenvalue weighted by Crippen LogP contribution is 2.58. The monoisotopic (exact) mass is 802 g/mol. The lowest BCUT2D eigenvalue weighted by atomic mass is 9.59. The topological polar surface area (TPSA) is 183 Å². The Morgan fingerprint density at radius 2 is 1.48 bits per heavy atom. The van der Waals surface area contributed by atoms with E-state index in [1.807, 2.05) is 20.8 Å². The molecular formula is C41H66N6O8S. The Labute approximate surface area is 333 Å². The first-order chi connectivity index (χ1) is 26.5. The molecule has 6 atom stereocenters. The van der Waals surface area contributed by atoms with Crippen LogP contribution in [0.3, 0.4) is 0 Å². The molecule has 4 N–H and O–H groups in total. The molecule has 0 bridgehead atoms. The second-order valence-electron chi connectivity index (χ2n) is 19.7. The number of carbonyl (C=O) groups is 5. The summed E-state index contributed by atoms with van der Waals surface area (Å²) >= 11 is 0. The van der Waals surface area contributed by atoms with Gasteiger partial charge in [0.15, 0.2) is 0 Å². The molecule has 7 rings (SSSR count). The molecule has 0 aromatic heterocycles. The third kappa shape index (κ3) is 8.31. The SMILES string of the molecule is CC(C)[C@@]1(C2CCC2)C[C@@H](C(=O)N[C@]2(C(=O)NS(=O)(=O)C3CC3)C[C@H]2C2CC2)N(C(=O)[C@@H](NC(=O)[C@@H](NC(=O)N2CCOCC2)C2CCCCC2)C(C)(C)C)C1. The van der Waals surface area contributed by atoms with Gasteiger partial charge in [-0.1, -0.05) is 60.3 Å². The smallest absolute Gasteiger partial charge is 0.318 e. The number of hydrogen-bond donors (Lipinski definition) is 4. The number of rotatable bonds is 13. The predicted octanol–water partition coefficient (Wildman–Crippen LogP) is 3.44. The molecule has 0 radical (unpaired) electrons. The fourth-order valence-electron chi connectivity index (χ4n) is 10.3. The van der Waals surface area contributed by atoms with Crippen LogP contribution in [0.2, 0.25) is 0 Å². The van der Waals surface area contributed by atoms with Gasteiger partial charge in [0.2, 0.25) is 27.7 Å². The first kappa shape index (κ1) is 41.2. The van der Waals surface area contributed by atoms with E-state index in [1.165, 1.54) is 0 Å². The first-order valence-electron chi connectivity index (χ1n) is 21.6. The summed E-state index contributed by atoms with van der Waals surface area (Å²) in [6, 6.07) is -3.07. The second-order valence-corrected chi connectivity index (χ2v) is 21.7. The van der Waals surface area contributed by atoms with Gasteiger partial charge < -0.3 is 30.5 Å². The number of amides is 6. The van der Waals surface area contributed by atoms with Crippen LogP contribution in [-0.4, -0.2) is 110 Å². The number of sulfonamides is 1. The molecule has 14 nitrogen and oxygen atoms in total. The van der Waals surface area contributed by atoms with Gasteiger partial charge in [-0.3, -0.25) is 23.9 Å². The van der Waals surface area contributed by atoms with Crippen LogP contribution in [-0.2, 0) is 33.9 Å². The zero-order chi connectivity index (χ0) is 40.2. The summed E-state index contributed by atoms with van der Waals surface area (Å²) < 4.78 is 33.6. The van der Waals surface area contributed by atoms with Gasteiger partial charge in [-0.15, -0.1) is 0 Å². The summed E-state index contributed by atoms with van der Waals surface area (Å²) in [6.07, 6.45) is 11.4. The molecule has 6 amide bonds. The van der Waals surface area contributed by atoms with Crippen molar-refractivity contribution < 1.29 is 37.1 Å². The van der Waals surface area contributed by atoms with Crippen LogP contribution < -0.4 is 20.7 Å². The molecule has 7 fully saturated rings. The van der Waals surface area contributed by atoms with Crippen molar-refractivity contribution in [3.63, 3.8) is 0 Å². The van der Waals surface area contributed by atoms with E-state index in [1.54, 1.807) is 9.80 Å². The number of nitrogens with zero attached hydrogens (tertiary/aromatic N) is 2. The number of ether oxygens (including phenoxy) is 1. The van der Waals surface area contributed by atoms with Crippen LogP contribution in [0.4, 0.5) is 4.79 Å². The first-order valence-corrected chi connectivity index (χ1v) is 23.1. The molecule has 56 heavy (non-hydrogen) atoms. The molecule has 7 aliphatic rings. The van der Waals surface area contributed by atoms with E-state index in [2.05, 4.69) is 34.5 Å². The van der Waals surface area contributed by atoms with Gasteiger partial charge in [0.1, 0.15) is 23.7 Å². The summed E-state index contributed by atoms with van der Waals surface area (Å²) in [5, 5.41) is 8.65. The van der Waals surface area contributed by atoms with E-state index in [9.17, 15) is 27.6 Å². The molecular weight excluding hydrogens is 737 g/mol. The molecule has 0 unspecified atom stereocenters. The largest absolute Gasteiger partial charge is 0.378 e. The molecule has 5 aliphatic carbocycles. The number of likely N-dealkylation sites (tertiary alicyclic amines) is 1. The number of carbonyl (C=O) groups excluding carboxylic acids is 5. The summed E-state index contributed by atoms with van der Waals surface area (Å²) in [5.74, 6) is -1.40. The number of morpholine rings is 1. The van der Waals surface area contributed by atoms with Crippen LogP contribution in [0.1, 0.15) is 125 Å². The highest BCUT2D eigenvalue weighted by molar-refractivity contribution is 7.91. The Morgan fingerprint density at radius 3 is 2.04 bits per heavy atom. The van der Waals surface area contributed by atoms with Gasteiger partial charge in [-0.05, 0) is 105 Å². The van der Waals surface area contributed by atoms with E-state index >= 15 is 4.79 Å². The third-order valence-electron chi connectivity index (χ3n) is 14.6. The molecule has 2 aliphatic heterocycles. The fraction of sp³-hybridized carbons (Fsp3) is 0.878. The van der Waals surface area contributed by atoms with Crippen LogP contribution in [0.15, 0.2) is 0 Å². The van der Waals surface area contributed by atoms with Crippen molar-refractivity contribution in [3.05, 3.63) is 0 Å². The van der Waals surface area contributed by atoms with Gasteiger partial charge >= 0.3 is 6.03 Å². The maximum absolute atomic E-state index is 15.2. The second kappa shape index (κ2) is 15.7. The summed E-state index contributed by atoms with van der Waals surface area (Å²) in [7, 11) is -3.83. The van der Waals surface area contributed by atoms with Gasteiger partial charge in [0, 0.05) is 19.6 Å². The van der Waals surface area contributed by atoms with E-state index < -0.39 is 62.1 Å². The van der Waals surface area contributed by atoms with Crippen LogP contribution in [0.5, 0.6) is 0 Å². The van der Waals surface area contributed by atoms with E-state index in [0.717, 1.165) is 64.2 Å². The van der Waals surface area contributed by atoms with Gasteiger partial charge in [0.05, 0.1) is 18.5 Å². The quantitative estimate of drug-likeness (QED) is 0.219. The Balaban J connectivity index is 1.15. The van der Waals surface area contributed by atoms with Crippen molar-refractivity contribution in [3.8, 4) is 0 Å². The van der Waals surface area contributed by atoms with Crippen molar-refractivity contribution in [1.82, 2.24) is 30.5 Å². The van der Waals surface area contributed by atoms with Crippen molar-refractivity contribution in [2.45, 2.75) is 153 Å². The lowest BCUT2D eigenvalue weighted by molar-refractivity contribution is -0.145. The van der Waals surface area contributed by atoms with Crippen molar-refractivity contribution in [1.29, 1.82) is 0 Å². The maximum Gasteiger partial charge on any atom is 0.318 e. The standard InChI is InChI=1S/C41H66N6O8S/c1-25(2)40(28-12-9-13-28)23-31(34(48)44-41(22-30(41)26-14-15-26)37(51)45-56(53,54)29-16-17-29)47(24-40)36(50)33(39(3,4)5)43-35(49)32(27-10-7-6-8-11-27)42-38(52)46-18-20-55-21-19-46/h25-33H,6-24H2,1-5H3,(H,42,52)(H,43,49)(H,44,48)(H,45,51)/t30-,31-,32-,33+,40+,41+/m0/s1. The fourth-order valence-corrected chi connectivity index (χ4v) is 11.7. The van der Waals surface area contributed by atoms with Crippen molar-refractivity contribution >= 4 is 39.7 Å². The maximum atomic E-state index is 15.2. The molecule has 0 spiro atoms. The van der Waals surface area contributed by atoms with Crippen LogP contribution in [0, 0.1) is 40.4 Å². The van der Waals surface area contributed by atoms with Crippen LogP contribution in [0.25, 0.3) is 0 Å². The van der Waals surface area contributed by atoms with E-state index in [-0.39, 0.29) is 41.0 Å². The number of urea groups is 1. The highest BCUT2D eigenvalue weighted by atomic mass is 32.2. The minimum atomic E-state index is -3.83. The minimum Gasteiger partial charge on any atom is -0.378 e. The Morgan fingerprint density at radius 1 is 0.821 bits per heavy atom. The molecule has 2 saturated heterocycles. The Kier molecular flexibility index (Phi) is 11.5. The zero-order valence-corrected chi connectivity index (χ0v) is 35.0. The molecule has 0 aromatic carbocycles. The van der Waals surface area contributed by atoms with Crippen LogP contribution >= 0.6 is 0 Å². The van der Waals surface area contributed by atoms with Gasteiger partial charge in [-0.25, -0.2) is 13.2 Å². The Hall–Kier alpha value is -2.94. The molecule has 0 aromatic rings.